The van der Waals surface area contributed by atoms with Gasteiger partial charge in [0.25, 0.3) is 0 Å². The van der Waals surface area contributed by atoms with Gasteiger partial charge in [-0.1, -0.05) is 37.8 Å². The van der Waals surface area contributed by atoms with Gasteiger partial charge in [0, 0.05) is 10.7 Å². The summed E-state index contributed by atoms with van der Waals surface area (Å²) < 4.78 is 5.09. The standard InChI is InChI=1S/C17H24ClNO2/c1-3-13-5-4-11-17(12-10-13,16(20)21-2)19-15-8-6-14(18)7-9-15/h6-9,13,19H,3-5,10-12H2,1-2H3. The Labute approximate surface area is 132 Å². The highest BCUT2D eigenvalue weighted by atomic mass is 35.5. The summed E-state index contributed by atoms with van der Waals surface area (Å²) in [5, 5.41) is 4.12. The molecular formula is C17H24ClNO2. The molecule has 1 aliphatic carbocycles. The molecular weight excluding hydrogens is 286 g/mol. The molecule has 0 aliphatic heterocycles. The van der Waals surface area contributed by atoms with E-state index in [0.717, 1.165) is 31.4 Å². The van der Waals surface area contributed by atoms with Crippen molar-refractivity contribution < 1.29 is 9.53 Å². The number of halogens is 1. The van der Waals surface area contributed by atoms with Crippen molar-refractivity contribution in [3.8, 4) is 0 Å². The normalized spacial score (nSPS) is 26.0. The number of hydrogen-bond donors (Lipinski definition) is 1. The van der Waals surface area contributed by atoms with Crippen molar-refractivity contribution in [1.29, 1.82) is 0 Å². The van der Waals surface area contributed by atoms with E-state index < -0.39 is 5.54 Å². The zero-order valence-corrected chi connectivity index (χ0v) is 13.6. The summed E-state index contributed by atoms with van der Waals surface area (Å²) in [5.41, 5.74) is 0.312. The first-order chi connectivity index (χ1) is 10.1. The van der Waals surface area contributed by atoms with Gasteiger partial charge in [0.05, 0.1) is 7.11 Å². The Balaban J connectivity index is 2.20. The van der Waals surface area contributed by atoms with Crippen LogP contribution in [-0.4, -0.2) is 18.6 Å². The molecule has 1 fully saturated rings. The predicted octanol–water partition coefficient (Wildman–Crippen LogP) is 4.65. The smallest absolute Gasteiger partial charge is 0.331 e. The zero-order chi connectivity index (χ0) is 15.3. The SMILES string of the molecule is CCC1CCCC(Nc2ccc(Cl)cc2)(C(=O)OC)CC1. The Morgan fingerprint density at radius 2 is 2.05 bits per heavy atom. The van der Waals surface area contributed by atoms with E-state index in [1.165, 1.54) is 20.0 Å². The Morgan fingerprint density at radius 3 is 2.67 bits per heavy atom. The third-order valence-corrected chi connectivity index (χ3v) is 4.83. The average Bonchev–Trinajstić information content (AvgIpc) is 2.72. The summed E-state index contributed by atoms with van der Waals surface area (Å²) >= 11 is 5.92. The van der Waals surface area contributed by atoms with Crippen molar-refractivity contribution in [2.24, 2.45) is 5.92 Å². The van der Waals surface area contributed by atoms with Crippen molar-refractivity contribution in [2.75, 3.05) is 12.4 Å². The van der Waals surface area contributed by atoms with Gasteiger partial charge >= 0.3 is 5.97 Å². The number of ether oxygens (including phenoxy) is 1. The molecule has 0 radical (unpaired) electrons. The van der Waals surface area contributed by atoms with Crippen molar-refractivity contribution in [3.05, 3.63) is 29.3 Å². The Morgan fingerprint density at radius 1 is 1.33 bits per heavy atom. The van der Waals surface area contributed by atoms with E-state index in [9.17, 15) is 4.79 Å². The average molecular weight is 310 g/mol. The Hall–Kier alpha value is -1.22. The van der Waals surface area contributed by atoms with Crippen LogP contribution in [0.1, 0.15) is 45.4 Å². The fourth-order valence-electron chi connectivity index (χ4n) is 3.21. The number of carbonyl (C=O) groups is 1. The van der Waals surface area contributed by atoms with E-state index in [2.05, 4.69) is 12.2 Å². The number of methoxy groups -OCH3 is 1. The Kier molecular flexibility index (Phi) is 5.51. The molecule has 0 amide bonds. The highest BCUT2D eigenvalue weighted by Crippen LogP contribution is 2.35. The van der Waals surface area contributed by atoms with Crippen LogP contribution < -0.4 is 5.32 Å². The number of carbonyl (C=O) groups excluding carboxylic acids is 1. The molecule has 1 aromatic carbocycles. The number of anilines is 1. The van der Waals surface area contributed by atoms with Crippen LogP contribution in [0, 0.1) is 5.92 Å². The molecule has 0 aromatic heterocycles. The molecule has 1 N–H and O–H groups in total. The van der Waals surface area contributed by atoms with E-state index in [1.54, 1.807) is 0 Å². The van der Waals surface area contributed by atoms with Gasteiger partial charge in [0.1, 0.15) is 5.54 Å². The van der Waals surface area contributed by atoms with Crippen LogP contribution in [-0.2, 0) is 9.53 Å². The number of rotatable bonds is 4. The topological polar surface area (TPSA) is 38.3 Å². The number of benzene rings is 1. The first-order valence-corrected chi connectivity index (χ1v) is 8.09. The molecule has 1 aromatic rings. The van der Waals surface area contributed by atoms with Gasteiger partial charge in [-0.25, -0.2) is 4.79 Å². The molecule has 2 unspecified atom stereocenters. The summed E-state index contributed by atoms with van der Waals surface area (Å²) in [6.45, 7) is 2.22. The van der Waals surface area contributed by atoms with Crippen molar-refractivity contribution >= 4 is 23.3 Å². The van der Waals surface area contributed by atoms with Gasteiger partial charge in [-0.15, -0.1) is 0 Å². The fourth-order valence-corrected chi connectivity index (χ4v) is 3.33. The van der Waals surface area contributed by atoms with E-state index in [4.69, 9.17) is 16.3 Å². The second kappa shape index (κ2) is 7.17. The lowest BCUT2D eigenvalue weighted by Crippen LogP contribution is -2.46. The van der Waals surface area contributed by atoms with Crippen LogP contribution in [0.4, 0.5) is 5.69 Å². The van der Waals surface area contributed by atoms with Crippen LogP contribution in [0.25, 0.3) is 0 Å². The van der Waals surface area contributed by atoms with Crippen LogP contribution in [0.2, 0.25) is 5.02 Å². The van der Waals surface area contributed by atoms with Gasteiger partial charge in [-0.2, -0.15) is 0 Å². The molecule has 2 atom stereocenters. The van der Waals surface area contributed by atoms with Gasteiger partial charge in [-0.05, 0) is 49.4 Å². The molecule has 1 aliphatic rings. The molecule has 0 saturated heterocycles. The lowest BCUT2D eigenvalue weighted by Gasteiger charge is -2.32. The third-order valence-electron chi connectivity index (χ3n) is 4.58. The monoisotopic (exact) mass is 309 g/mol. The van der Waals surface area contributed by atoms with E-state index >= 15 is 0 Å². The summed E-state index contributed by atoms with van der Waals surface area (Å²) in [7, 11) is 1.47. The highest BCUT2D eigenvalue weighted by Gasteiger charge is 2.40. The maximum Gasteiger partial charge on any atom is 0.331 e. The minimum atomic E-state index is -0.605. The van der Waals surface area contributed by atoms with Gasteiger partial charge in [-0.3, -0.25) is 0 Å². The van der Waals surface area contributed by atoms with Gasteiger partial charge in [0.15, 0.2) is 0 Å². The lowest BCUT2D eigenvalue weighted by molar-refractivity contribution is -0.146. The van der Waals surface area contributed by atoms with Crippen LogP contribution in [0.5, 0.6) is 0 Å². The summed E-state index contributed by atoms with van der Waals surface area (Å²) in [5.74, 6) is 0.553. The van der Waals surface area contributed by atoms with Crippen LogP contribution >= 0.6 is 11.6 Å². The maximum atomic E-state index is 12.4. The summed E-state index contributed by atoms with van der Waals surface area (Å²) in [6.07, 6.45) is 6.12. The predicted molar refractivity (Wildman–Crippen MR) is 86.7 cm³/mol. The minimum absolute atomic E-state index is 0.158. The van der Waals surface area contributed by atoms with Gasteiger partial charge in [0.2, 0.25) is 0 Å². The molecule has 4 heteroatoms. The first-order valence-electron chi connectivity index (χ1n) is 7.72. The van der Waals surface area contributed by atoms with Gasteiger partial charge < -0.3 is 10.1 Å². The minimum Gasteiger partial charge on any atom is -0.467 e. The molecule has 116 valence electrons. The van der Waals surface area contributed by atoms with E-state index in [0.29, 0.717) is 10.9 Å². The van der Waals surface area contributed by atoms with E-state index in [1.807, 2.05) is 24.3 Å². The molecule has 2 rings (SSSR count). The number of nitrogens with one attached hydrogen (secondary N) is 1. The number of hydrogen-bond acceptors (Lipinski definition) is 3. The fraction of sp³-hybridized carbons (Fsp3) is 0.588. The molecule has 0 heterocycles. The summed E-state index contributed by atoms with van der Waals surface area (Å²) in [4.78, 5) is 12.4. The quantitative estimate of drug-likeness (QED) is 0.649. The van der Waals surface area contributed by atoms with Crippen molar-refractivity contribution in [1.82, 2.24) is 0 Å². The molecule has 1 saturated carbocycles. The lowest BCUT2D eigenvalue weighted by atomic mass is 9.88. The molecule has 3 nitrogen and oxygen atoms in total. The largest absolute Gasteiger partial charge is 0.467 e. The Bertz CT molecular complexity index is 474. The summed E-state index contributed by atoms with van der Waals surface area (Å²) in [6, 6.07) is 7.49. The highest BCUT2D eigenvalue weighted by molar-refractivity contribution is 6.30. The second-order valence-electron chi connectivity index (χ2n) is 5.91. The van der Waals surface area contributed by atoms with Crippen molar-refractivity contribution in [3.63, 3.8) is 0 Å². The first kappa shape index (κ1) is 16.2. The maximum absolute atomic E-state index is 12.4. The zero-order valence-electron chi connectivity index (χ0n) is 12.8. The van der Waals surface area contributed by atoms with E-state index in [-0.39, 0.29) is 5.97 Å². The van der Waals surface area contributed by atoms with Crippen LogP contribution in [0.15, 0.2) is 24.3 Å². The number of esters is 1. The molecule has 0 spiro atoms. The molecule has 21 heavy (non-hydrogen) atoms. The molecule has 0 bridgehead atoms. The second-order valence-corrected chi connectivity index (χ2v) is 6.35. The van der Waals surface area contributed by atoms with Crippen molar-refractivity contribution in [2.45, 2.75) is 51.0 Å². The third kappa shape index (κ3) is 3.91. The van der Waals surface area contributed by atoms with Crippen LogP contribution in [0.3, 0.4) is 0 Å².